The Morgan fingerprint density at radius 1 is 1.38 bits per heavy atom. The Morgan fingerprint density at radius 2 is 2.08 bits per heavy atom. The minimum atomic E-state index is -2.75. The van der Waals surface area contributed by atoms with E-state index in [-0.39, 0.29) is 11.7 Å². The van der Waals surface area contributed by atoms with Crippen LogP contribution in [-0.4, -0.2) is 21.0 Å². The second-order valence-electron chi connectivity index (χ2n) is 5.76. The van der Waals surface area contributed by atoms with E-state index >= 15 is 0 Å². The van der Waals surface area contributed by atoms with Crippen molar-refractivity contribution < 1.29 is 18.6 Å². The van der Waals surface area contributed by atoms with Gasteiger partial charge in [0, 0.05) is 30.1 Å². The number of nitrogens with one attached hydrogen (secondary N) is 1. The van der Waals surface area contributed by atoms with Crippen LogP contribution in [0.15, 0.2) is 24.4 Å². The monoisotopic (exact) mass is 339 g/mol. The van der Waals surface area contributed by atoms with Gasteiger partial charge < -0.3 is 15.2 Å². The molecule has 0 aliphatic rings. The lowest BCUT2D eigenvalue weighted by Crippen LogP contribution is -2.14. The molecule has 0 bridgehead atoms. The van der Waals surface area contributed by atoms with Crippen molar-refractivity contribution in [3.63, 3.8) is 0 Å². The third kappa shape index (κ3) is 4.03. The van der Waals surface area contributed by atoms with Crippen molar-refractivity contribution in [1.29, 1.82) is 0 Å². The molecule has 0 saturated heterocycles. The van der Waals surface area contributed by atoms with Crippen molar-refractivity contribution in [3.8, 4) is 5.75 Å². The van der Waals surface area contributed by atoms with Gasteiger partial charge in [0.1, 0.15) is 11.4 Å². The Hall–Kier alpha value is -2.15. The van der Waals surface area contributed by atoms with Gasteiger partial charge in [-0.3, -0.25) is 4.68 Å². The molecular weight excluding hydrogens is 316 g/mol. The first-order valence-corrected chi connectivity index (χ1v) is 7.85. The van der Waals surface area contributed by atoms with Gasteiger partial charge in [-0.15, -0.1) is 0 Å². The number of ether oxygens (including phenoxy) is 1. The third-order valence-electron chi connectivity index (χ3n) is 3.87. The van der Waals surface area contributed by atoms with E-state index in [4.69, 9.17) is 4.74 Å². The Balaban J connectivity index is 2.23. The SMILES string of the molecule is CCC(C)Oc1cccc(NC(O)c2cn(C)nc2C(F)F)c1C. The number of aliphatic hydroxyl groups is 1. The number of rotatable bonds is 7. The van der Waals surface area contributed by atoms with Crippen molar-refractivity contribution in [2.24, 2.45) is 7.05 Å². The van der Waals surface area contributed by atoms with Crippen LogP contribution in [0.2, 0.25) is 0 Å². The van der Waals surface area contributed by atoms with Crippen LogP contribution in [0.3, 0.4) is 0 Å². The van der Waals surface area contributed by atoms with E-state index in [1.54, 1.807) is 12.1 Å². The molecule has 0 saturated carbocycles. The highest BCUT2D eigenvalue weighted by molar-refractivity contribution is 5.57. The van der Waals surface area contributed by atoms with E-state index in [1.165, 1.54) is 17.9 Å². The number of nitrogens with zero attached hydrogens (tertiary/aromatic N) is 2. The van der Waals surface area contributed by atoms with E-state index in [9.17, 15) is 13.9 Å². The maximum absolute atomic E-state index is 13.0. The van der Waals surface area contributed by atoms with Crippen LogP contribution in [-0.2, 0) is 7.05 Å². The minimum Gasteiger partial charge on any atom is -0.490 e. The smallest absolute Gasteiger partial charge is 0.282 e. The second-order valence-corrected chi connectivity index (χ2v) is 5.76. The summed E-state index contributed by atoms with van der Waals surface area (Å²) in [5, 5.41) is 16.9. The van der Waals surface area contributed by atoms with Gasteiger partial charge in [-0.1, -0.05) is 13.0 Å². The summed E-state index contributed by atoms with van der Waals surface area (Å²) in [6.45, 7) is 5.85. The summed E-state index contributed by atoms with van der Waals surface area (Å²) in [6, 6.07) is 5.39. The lowest BCUT2D eigenvalue weighted by molar-refractivity contribution is 0.136. The molecule has 24 heavy (non-hydrogen) atoms. The quantitative estimate of drug-likeness (QED) is 0.750. The molecule has 5 nitrogen and oxygen atoms in total. The van der Waals surface area contributed by atoms with Crippen molar-refractivity contribution in [1.82, 2.24) is 9.78 Å². The zero-order valence-electron chi connectivity index (χ0n) is 14.3. The normalized spacial score (nSPS) is 13.8. The topological polar surface area (TPSA) is 59.3 Å². The second kappa shape index (κ2) is 7.61. The van der Waals surface area contributed by atoms with Gasteiger partial charge in [-0.25, -0.2) is 8.78 Å². The van der Waals surface area contributed by atoms with Gasteiger partial charge in [0.05, 0.1) is 6.10 Å². The molecule has 0 amide bonds. The fourth-order valence-corrected chi connectivity index (χ4v) is 2.33. The number of hydrogen-bond donors (Lipinski definition) is 2. The molecule has 2 rings (SSSR count). The third-order valence-corrected chi connectivity index (χ3v) is 3.87. The number of benzene rings is 1. The summed E-state index contributed by atoms with van der Waals surface area (Å²) < 4.78 is 33.2. The van der Waals surface area contributed by atoms with E-state index < -0.39 is 18.3 Å². The lowest BCUT2D eigenvalue weighted by Gasteiger charge is -2.20. The molecule has 0 spiro atoms. The first-order chi connectivity index (χ1) is 11.3. The predicted molar refractivity (Wildman–Crippen MR) is 88.3 cm³/mol. The predicted octanol–water partition coefficient (Wildman–Crippen LogP) is 3.95. The van der Waals surface area contributed by atoms with Crippen molar-refractivity contribution >= 4 is 5.69 Å². The van der Waals surface area contributed by atoms with Crippen LogP contribution < -0.4 is 10.1 Å². The standard InChI is InChI=1S/C17H23F2N3O2/c1-5-10(2)24-14-8-6-7-13(11(14)3)20-17(23)12-9-22(4)21-15(12)16(18)19/h6-10,16-17,20,23H,5H2,1-4H3. The number of alkyl halides is 2. The molecule has 1 aromatic heterocycles. The minimum absolute atomic E-state index is 0.0557. The molecule has 0 aliphatic heterocycles. The average molecular weight is 339 g/mol. The molecule has 0 fully saturated rings. The van der Waals surface area contributed by atoms with Crippen LogP contribution in [0.1, 0.15) is 49.7 Å². The molecule has 2 unspecified atom stereocenters. The Kier molecular flexibility index (Phi) is 5.77. The molecule has 7 heteroatoms. The molecule has 0 radical (unpaired) electrons. The van der Waals surface area contributed by atoms with Crippen molar-refractivity contribution in [2.75, 3.05) is 5.32 Å². The first kappa shape index (κ1) is 18.2. The number of hydrogen-bond acceptors (Lipinski definition) is 4. The van der Waals surface area contributed by atoms with E-state index in [1.807, 2.05) is 26.8 Å². The first-order valence-electron chi connectivity index (χ1n) is 7.85. The van der Waals surface area contributed by atoms with Gasteiger partial charge in [-0.05, 0) is 32.4 Å². The number of aromatic nitrogens is 2. The summed E-state index contributed by atoms with van der Waals surface area (Å²) >= 11 is 0. The van der Waals surface area contributed by atoms with Gasteiger partial charge in [0.25, 0.3) is 6.43 Å². The van der Waals surface area contributed by atoms with Crippen molar-refractivity contribution in [3.05, 3.63) is 41.2 Å². The van der Waals surface area contributed by atoms with Gasteiger partial charge in [0.15, 0.2) is 6.23 Å². The molecule has 1 aromatic carbocycles. The molecule has 2 atom stereocenters. The zero-order chi connectivity index (χ0) is 17.9. The van der Waals surface area contributed by atoms with E-state index in [0.717, 1.165) is 12.0 Å². The molecule has 1 heterocycles. The summed E-state index contributed by atoms with van der Waals surface area (Å²) in [5.74, 6) is 0.696. The average Bonchev–Trinajstić information content (AvgIpc) is 2.93. The highest BCUT2D eigenvalue weighted by Crippen LogP contribution is 2.31. The van der Waals surface area contributed by atoms with Crippen LogP contribution in [0, 0.1) is 6.92 Å². The highest BCUT2D eigenvalue weighted by Gasteiger charge is 2.23. The van der Waals surface area contributed by atoms with E-state index in [2.05, 4.69) is 10.4 Å². The van der Waals surface area contributed by atoms with Gasteiger partial charge in [0.2, 0.25) is 0 Å². The number of aryl methyl sites for hydroxylation is 1. The maximum atomic E-state index is 13.0. The summed E-state index contributed by atoms with van der Waals surface area (Å²) in [4.78, 5) is 0. The zero-order valence-corrected chi connectivity index (χ0v) is 14.3. The Morgan fingerprint density at radius 3 is 2.71 bits per heavy atom. The van der Waals surface area contributed by atoms with Gasteiger partial charge in [-0.2, -0.15) is 5.10 Å². The van der Waals surface area contributed by atoms with Crippen LogP contribution in [0.25, 0.3) is 0 Å². The van der Waals surface area contributed by atoms with Crippen LogP contribution in [0.5, 0.6) is 5.75 Å². The summed E-state index contributed by atoms with van der Waals surface area (Å²) in [7, 11) is 1.54. The molecule has 132 valence electrons. The largest absolute Gasteiger partial charge is 0.490 e. The van der Waals surface area contributed by atoms with E-state index in [0.29, 0.717) is 11.4 Å². The molecule has 2 aromatic rings. The Bertz CT molecular complexity index is 688. The van der Waals surface area contributed by atoms with Gasteiger partial charge >= 0.3 is 0 Å². The number of halogens is 2. The fourth-order valence-electron chi connectivity index (χ4n) is 2.33. The van der Waals surface area contributed by atoms with Crippen LogP contribution in [0.4, 0.5) is 14.5 Å². The van der Waals surface area contributed by atoms with Crippen LogP contribution >= 0.6 is 0 Å². The van der Waals surface area contributed by atoms with Crippen molar-refractivity contribution in [2.45, 2.75) is 45.9 Å². The number of aliphatic hydroxyl groups excluding tert-OH is 1. The highest BCUT2D eigenvalue weighted by atomic mass is 19.3. The summed E-state index contributed by atoms with van der Waals surface area (Å²) in [5.41, 5.74) is 1.05. The Labute approximate surface area is 140 Å². The molecule has 0 aliphatic carbocycles. The maximum Gasteiger partial charge on any atom is 0.282 e. The fraction of sp³-hybridized carbons (Fsp3) is 0.471. The summed E-state index contributed by atoms with van der Waals surface area (Å²) in [6.07, 6.45) is -1.73. The molecular formula is C17H23F2N3O2. The lowest BCUT2D eigenvalue weighted by atomic mass is 10.1. The molecule has 2 N–H and O–H groups in total. The number of anilines is 1.